The van der Waals surface area contributed by atoms with E-state index in [1.54, 1.807) is 0 Å². The summed E-state index contributed by atoms with van der Waals surface area (Å²) in [4.78, 5) is 0. The lowest BCUT2D eigenvalue weighted by Gasteiger charge is -2.34. The lowest BCUT2D eigenvalue weighted by atomic mass is 9.83. The van der Waals surface area contributed by atoms with Crippen LogP contribution in [-0.2, 0) is 11.2 Å². The smallest absolute Gasteiger partial charge is 0.161 e. The van der Waals surface area contributed by atoms with Gasteiger partial charge in [0.05, 0.1) is 6.04 Å². The van der Waals surface area contributed by atoms with E-state index < -0.39 is 29.6 Å². The van der Waals surface area contributed by atoms with E-state index in [2.05, 4.69) is 12.1 Å². The van der Waals surface area contributed by atoms with Crippen LogP contribution in [0.5, 0.6) is 5.75 Å². The van der Waals surface area contributed by atoms with Crippen molar-refractivity contribution >= 4 is 10.8 Å². The highest BCUT2D eigenvalue weighted by Crippen LogP contribution is 2.44. The van der Waals surface area contributed by atoms with Gasteiger partial charge in [-0.1, -0.05) is 30.3 Å². The van der Waals surface area contributed by atoms with Crippen LogP contribution in [0.2, 0.25) is 0 Å². The van der Waals surface area contributed by atoms with Crippen LogP contribution < -0.4 is 10.5 Å². The maximum Gasteiger partial charge on any atom is 0.161 e. The van der Waals surface area contributed by atoms with Gasteiger partial charge in [0.15, 0.2) is 11.6 Å². The quantitative estimate of drug-likeness (QED) is 0.591. The Labute approximate surface area is 172 Å². The van der Waals surface area contributed by atoms with E-state index in [1.165, 1.54) is 5.56 Å². The van der Waals surface area contributed by atoms with Crippen molar-refractivity contribution in [1.82, 2.24) is 0 Å². The molecule has 2 heterocycles. The molecule has 0 saturated carbocycles. The Balaban J connectivity index is 1.61. The van der Waals surface area contributed by atoms with Gasteiger partial charge in [0.1, 0.15) is 17.7 Å². The Kier molecular flexibility index (Phi) is 4.91. The highest BCUT2D eigenvalue weighted by Gasteiger charge is 2.34. The molecule has 0 spiro atoms. The number of fused-ring (bicyclic) bond motifs is 3. The van der Waals surface area contributed by atoms with Gasteiger partial charge in [-0.05, 0) is 47.8 Å². The summed E-state index contributed by atoms with van der Waals surface area (Å²) in [5, 5.41) is 2.01. The molecule has 6 heteroatoms. The Morgan fingerprint density at radius 3 is 2.30 bits per heavy atom. The topological polar surface area (TPSA) is 44.5 Å². The minimum Gasteiger partial charge on any atom is -0.483 e. The average molecular weight is 413 g/mol. The van der Waals surface area contributed by atoms with Crippen molar-refractivity contribution in [2.24, 2.45) is 5.73 Å². The van der Waals surface area contributed by atoms with Gasteiger partial charge in [-0.25, -0.2) is 13.2 Å². The SMILES string of the molecule is NC1Cc2cc(C3CCOCC3)c3ccccc3c2OC1c1cc(F)c(F)cc1F. The molecule has 2 atom stereocenters. The van der Waals surface area contributed by atoms with Crippen molar-refractivity contribution in [2.75, 3.05) is 13.2 Å². The fraction of sp³-hybridized carbons (Fsp3) is 0.333. The Morgan fingerprint density at radius 1 is 0.833 bits per heavy atom. The zero-order chi connectivity index (χ0) is 20.8. The van der Waals surface area contributed by atoms with Gasteiger partial charge >= 0.3 is 0 Å². The predicted molar refractivity (Wildman–Crippen MR) is 108 cm³/mol. The summed E-state index contributed by atoms with van der Waals surface area (Å²) in [6.45, 7) is 1.48. The first-order chi connectivity index (χ1) is 14.5. The Hall–Kier alpha value is -2.57. The third kappa shape index (κ3) is 3.24. The molecule has 1 saturated heterocycles. The first-order valence-corrected chi connectivity index (χ1v) is 10.2. The summed E-state index contributed by atoms with van der Waals surface area (Å²) in [7, 11) is 0. The molecule has 2 N–H and O–H groups in total. The molecule has 0 bridgehead atoms. The molecule has 0 radical (unpaired) electrons. The summed E-state index contributed by atoms with van der Waals surface area (Å²) in [5.74, 6) is -2.18. The minimum atomic E-state index is -1.23. The summed E-state index contributed by atoms with van der Waals surface area (Å²) >= 11 is 0. The molecule has 0 aromatic heterocycles. The van der Waals surface area contributed by atoms with Gasteiger partial charge < -0.3 is 15.2 Å². The number of hydrogen-bond donors (Lipinski definition) is 1. The molecular formula is C24H22F3NO2. The van der Waals surface area contributed by atoms with E-state index in [-0.39, 0.29) is 5.56 Å². The van der Waals surface area contributed by atoms with Crippen molar-refractivity contribution in [3.05, 3.63) is 76.6 Å². The zero-order valence-electron chi connectivity index (χ0n) is 16.3. The van der Waals surface area contributed by atoms with E-state index in [0.717, 1.165) is 48.5 Å². The van der Waals surface area contributed by atoms with E-state index in [9.17, 15) is 13.2 Å². The highest BCUT2D eigenvalue weighted by atomic mass is 19.2. The number of ether oxygens (including phenoxy) is 2. The second-order valence-corrected chi connectivity index (χ2v) is 8.08. The molecule has 156 valence electrons. The van der Waals surface area contributed by atoms with Gasteiger partial charge in [-0.3, -0.25) is 0 Å². The molecule has 3 aromatic rings. The van der Waals surface area contributed by atoms with Crippen molar-refractivity contribution in [3.8, 4) is 5.75 Å². The maximum atomic E-state index is 14.4. The van der Waals surface area contributed by atoms with Crippen LogP contribution >= 0.6 is 0 Å². The summed E-state index contributed by atoms with van der Waals surface area (Å²) in [6, 6.07) is 10.9. The number of hydrogen-bond acceptors (Lipinski definition) is 3. The van der Waals surface area contributed by atoms with E-state index in [1.807, 2.05) is 18.2 Å². The third-order valence-electron chi connectivity index (χ3n) is 6.20. The monoisotopic (exact) mass is 413 g/mol. The van der Waals surface area contributed by atoms with Crippen LogP contribution in [0.4, 0.5) is 13.2 Å². The molecule has 5 rings (SSSR count). The maximum absolute atomic E-state index is 14.4. The summed E-state index contributed by atoms with van der Waals surface area (Å²) in [5.41, 5.74) is 8.47. The molecular weight excluding hydrogens is 391 g/mol. The van der Waals surface area contributed by atoms with Crippen LogP contribution in [0.3, 0.4) is 0 Å². The largest absolute Gasteiger partial charge is 0.483 e. The summed E-state index contributed by atoms with van der Waals surface area (Å²) in [6.07, 6.45) is 1.47. The van der Waals surface area contributed by atoms with Crippen LogP contribution in [0, 0.1) is 17.5 Å². The average Bonchev–Trinajstić information content (AvgIpc) is 2.76. The van der Waals surface area contributed by atoms with Crippen LogP contribution in [-0.4, -0.2) is 19.3 Å². The van der Waals surface area contributed by atoms with Gasteiger partial charge in [-0.15, -0.1) is 0 Å². The van der Waals surface area contributed by atoms with E-state index in [4.69, 9.17) is 15.2 Å². The molecule has 2 aliphatic heterocycles. The third-order valence-corrected chi connectivity index (χ3v) is 6.20. The van der Waals surface area contributed by atoms with Gasteiger partial charge in [-0.2, -0.15) is 0 Å². The molecule has 0 amide bonds. The molecule has 0 aliphatic carbocycles. The first-order valence-electron chi connectivity index (χ1n) is 10.2. The van der Waals surface area contributed by atoms with Crippen LogP contribution in [0.25, 0.3) is 10.8 Å². The van der Waals surface area contributed by atoms with Crippen molar-refractivity contribution in [1.29, 1.82) is 0 Å². The molecule has 1 fully saturated rings. The normalized spacial score (nSPS) is 22.0. The number of halogens is 3. The van der Waals surface area contributed by atoms with Crippen molar-refractivity contribution in [3.63, 3.8) is 0 Å². The first kappa shape index (κ1) is 19.4. The van der Waals surface area contributed by atoms with Crippen molar-refractivity contribution in [2.45, 2.75) is 37.3 Å². The van der Waals surface area contributed by atoms with Gasteiger partial charge in [0.25, 0.3) is 0 Å². The second-order valence-electron chi connectivity index (χ2n) is 8.08. The number of benzene rings is 3. The molecule has 2 aliphatic rings. The molecule has 3 nitrogen and oxygen atoms in total. The second kappa shape index (κ2) is 7.60. The van der Waals surface area contributed by atoms with Crippen molar-refractivity contribution < 1.29 is 22.6 Å². The van der Waals surface area contributed by atoms with E-state index in [0.29, 0.717) is 24.2 Å². The Morgan fingerprint density at radius 2 is 1.53 bits per heavy atom. The fourth-order valence-electron chi connectivity index (χ4n) is 4.70. The fourth-order valence-corrected chi connectivity index (χ4v) is 4.70. The van der Waals surface area contributed by atoms with Crippen LogP contribution in [0.1, 0.15) is 41.6 Å². The number of rotatable bonds is 2. The molecule has 2 unspecified atom stereocenters. The standard InChI is InChI=1S/C24H22F3NO2/c25-19-12-21(27)20(26)11-18(19)24-22(28)10-14-9-17(13-5-7-29-8-6-13)15-3-1-2-4-16(15)23(14)30-24/h1-4,9,11-13,22,24H,5-8,10,28H2. The van der Waals surface area contributed by atoms with E-state index >= 15 is 0 Å². The predicted octanol–water partition coefficient (Wildman–Crippen LogP) is 5.15. The Bertz CT molecular complexity index is 1110. The molecule has 3 aromatic carbocycles. The lowest BCUT2D eigenvalue weighted by Crippen LogP contribution is -2.38. The lowest BCUT2D eigenvalue weighted by molar-refractivity contribution is 0.0855. The minimum absolute atomic E-state index is 0.0652. The molecule has 30 heavy (non-hydrogen) atoms. The number of nitrogens with two attached hydrogens (primary N) is 1. The zero-order valence-corrected chi connectivity index (χ0v) is 16.3. The van der Waals surface area contributed by atoms with Crippen LogP contribution in [0.15, 0.2) is 42.5 Å². The van der Waals surface area contributed by atoms with Gasteiger partial charge in [0.2, 0.25) is 0 Å². The highest BCUT2D eigenvalue weighted by molar-refractivity contribution is 5.93. The summed E-state index contributed by atoms with van der Waals surface area (Å²) < 4.78 is 53.3. The van der Waals surface area contributed by atoms with Gasteiger partial charge in [0, 0.05) is 30.2 Å².